The minimum absolute atomic E-state index is 0.385. The summed E-state index contributed by atoms with van der Waals surface area (Å²) in [6.45, 7) is 1.03. The normalized spacial score (nSPS) is 16.5. The Kier molecular flexibility index (Phi) is 5.42. The molecular weight excluding hydrogens is 398 g/mol. The largest absolute Gasteiger partial charge is 0.467 e. The number of aromatic nitrogens is 4. The monoisotopic (exact) mass is 419 g/mol. The van der Waals surface area contributed by atoms with E-state index in [4.69, 9.17) is 19.0 Å². The third-order valence-corrected chi connectivity index (χ3v) is 5.12. The lowest BCUT2D eigenvalue weighted by molar-refractivity contribution is -0.186. The number of hydrogen-bond donors (Lipinski definition) is 1. The van der Waals surface area contributed by atoms with Crippen molar-refractivity contribution in [3.8, 4) is 11.3 Å². The van der Waals surface area contributed by atoms with Gasteiger partial charge in [0, 0.05) is 31.0 Å². The molecule has 1 aliphatic rings. The fourth-order valence-corrected chi connectivity index (χ4v) is 3.54. The van der Waals surface area contributed by atoms with Gasteiger partial charge < -0.3 is 9.15 Å². The van der Waals surface area contributed by atoms with Crippen LogP contribution in [0.4, 0.5) is 0 Å². The number of ether oxygens (including phenoxy) is 1. The van der Waals surface area contributed by atoms with Crippen LogP contribution in [0.2, 0.25) is 0 Å². The molecule has 1 aliphatic heterocycles. The predicted molar refractivity (Wildman–Crippen MR) is 111 cm³/mol. The van der Waals surface area contributed by atoms with E-state index in [9.17, 15) is 4.79 Å². The molecule has 0 aliphatic carbocycles. The number of furan rings is 1. The average Bonchev–Trinajstić information content (AvgIpc) is 3.49. The number of carbonyl (C=O) groups excluding carboxylic acids is 1. The topological polar surface area (TPSA) is 104 Å². The number of pyridine rings is 2. The van der Waals surface area contributed by atoms with E-state index >= 15 is 0 Å². The van der Waals surface area contributed by atoms with Gasteiger partial charge in [-0.1, -0.05) is 0 Å². The Morgan fingerprint density at radius 3 is 3.00 bits per heavy atom. The molecule has 1 atom stereocenters. The van der Waals surface area contributed by atoms with Gasteiger partial charge in [0.25, 0.3) is 5.91 Å². The fraction of sp³-hybridized carbons (Fsp3) is 0.273. The summed E-state index contributed by atoms with van der Waals surface area (Å²) < 4.78 is 12.7. The van der Waals surface area contributed by atoms with E-state index in [0.717, 1.165) is 30.6 Å². The van der Waals surface area contributed by atoms with Gasteiger partial charge >= 0.3 is 0 Å². The molecule has 9 heteroatoms. The summed E-state index contributed by atoms with van der Waals surface area (Å²) in [5.74, 6) is 0.353. The van der Waals surface area contributed by atoms with E-state index in [-0.39, 0.29) is 5.91 Å². The molecule has 9 nitrogen and oxygen atoms in total. The molecule has 4 aromatic heterocycles. The van der Waals surface area contributed by atoms with Crippen molar-refractivity contribution in [2.75, 3.05) is 6.61 Å². The first-order chi connectivity index (χ1) is 15.3. The smallest absolute Gasteiger partial charge is 0.275 e. The molecule has 5 rings (SSSR count). The Bertz CT molecular complexity index is 1170. The van der Waals surface area contributed by atoms with Crippen LogP contribution in [-0.4, -0.2) is 38.6 Å². The van der Waals surface area contributed by atoms with Crippen LogP contribution in [0.25, 0.3) is 22.3 Å². The van der Waals surface area contributed by atoms with Crippen LogP contribution in [-0.2, 0) is 16.1 Å². The molecule has 0 radical (unpaired) electrons. The summed E-state index contributed by atoms with van der Waals surface area (Å²) in [7, 11) is 0. The van der Waals surface area contributed by atoms with Crippen LogP contribution in [0.3, 0.4) is 0 Å². The zero-order chi connectivity index (χ0) is 21.0. The van der Waals surface area contributed by atoms with Gasteiger partial charge in [-0.25, -0.2) is 20.0 Å². The maximum Gasteiger partial charge on any atom is 0.275 e. The first-order valence-electron chi connectivity index (χ1n) is 10.1. The third kappa shape index (κ3) is 4.18. The molecule has 0 saturated carbocycles. The quantitative estimate of drug-likeness (QED) is 0.478. The van der Waals surface area contributed by atoms with Crippen molar-refractivity contribution >= 4 is 16.9 Å². The highest BCUT2D eigenvalue weighted by molar-refractivity contribution is 6.06. The highest BCUT2D eigenvalue weighted by atomic mass is 16.8. The number of carbonyl (C=O) groups is 1. The fourth-order valence-electron chi connectivity index (χ4n) is 3.54. The van der Waals surface area contributed by atoms with E-state index in [1.807, 2.05) is 24.3 Å². The van der Waals surface area contributed by atoms with Gasteiger partial charge in [-0.3, -0.25) is 9.78 Å². The molecule has 158 valence electrons. The Morgan fingerprint density at radius 2 is 2.23 bits per heavy atom. The van der Waals surface area contributed by atoms with Crippen molar-refractivity contribution in [3.63, 3.8) is 0 Å². The van der Waals surface area contributed by atoms with Crippen LogP contribution in [0.1, 0.15) is 35.4 Å². The first kappa shape index (κ1) is 19.4. The minimum Gasteiger partial charge on any atom is -0.467 e. The highest BCUT2D eigenvalue weighted by Crippen LogP contribution is 2.25. The third-order valence-electron chi connectivity index (χ3n) is 5.12. The lowest BCUT2D eigenvalue weighted by Crippen LogP contribution is -2.33. The van der Waals surface area contributed by atoms with Crippen LogP contribution in [0.15, 0.2) is 59.6 Å². The van der Waals surface area contributed by atoms with Gasteiger partial charge in [0.2, 0.25) is 0 Å². The number of nitrogens with one attached hydrogen (secondary N) is 1. The van der Waals surface area contributed by atoms with Gasteiger partial charge in [0.05, 0.1) is 29.1 Å². The van der Waals surface area contributed by atoms with Crippen molar-refractivity contribution in [1.82, 2.24) is 25.2 Å². The van der Waals surface area contributed by atoms with Gasteiger partial charge in [-0.05, 0) is 43.2 Å². The van der Waals surface area contributed by atoms with Crippen molar-refractivity contribution in [3.05, 3.63) is 66.5 Å². The van der Waals surface area contributed by atoms with Crippen molar-refractivity contribution in [2.24, 2.45) is 0 Å². The molecule has 1 amide bonds. The molecule has 4 aromatic rings. The van der Waals surface area contributed by atoms with Crippen LogP contribution < -0.4 is 5.48 Å². The van der Waals surface area contributed by atoms with Gasteiger partial charge in [-0.15, -0.1) is 0 Å². The number of fused-ring (bicyclic) bond motifs is 1. The molecule has 1 unspecified atom stereocenters. The molecule has 0 aromatic carbocycles. The Hall–Kier alpha value is -3.56. The molecule has 1 N–H and O–H groups in total. The Morgan fingerprint density at radius 1 is 1.26 bits per heavy atom. The summed E-state index contributed by atoms with van der Waals surface area (Å²) in [5, 5.41) is 5.05. The second-order valence-electron chi connectivity index (χ2n) is 7.26. The van der Waals surface area contributed by atoms with Crippen LogP contribution >= 0.6 is 0 Å². The maximum absolute atomic E-state index is 13.0. The molecule has 1 fully saturated rings. The van der Waals surface area contributed by atoms with E-state index in [1.54, 1.807) is 35.6 Å². The summed E-state index contributed by atoms with van der Waals surface area (Å²) in [6, 6.07) is 9.12. The zero-order valence-electron chi connectivity index (χ0n) is 16.7. The van der Waals surface area contributed by atoms with Gasteiger partial charge in [0.15, 0.2) is 11.9 Å². The molecule has 0 bridgehead atoms. The Labute approximate surface area is 178 Å². The average molecular weight is 419 g/mol. The van der Waals surface area contributed by atoms with Crippen LogP contribution in [0.5, 0.6) is 0 Å². The molecule has 0 spiro atoms. The molecule has 1 saturated heterocycles. The van der Waals surface area contributed by atoms with Crippen molar-refractivity contribution < 1.29 is 18.8 Å². The van der Waals surface area contributed by atoms with Gasteiger partial charge in [-0.2, -0.15) is 5.10 Å². The number of rotatable bonds is 6. The van der Waals surface area contributed by atoms with Crippen LogP contribution in [0, 0.1) is 0 Å². The summed E-state index contributed by atoms with van der Waals surface area (Å²) in [4.78, 5) is 27.4. The van der Waals surface area contributed by atoms with Crippen molar-refractivity contribution in [1.29, 1.82) is 0 Å². The highest BCUT2D eigenvalue weighted by Gasteiger charge is 2.21. The predicted octanol–water partition coefficient (Wildman–Crippen LogP) is 3.32. The lowest BCUT2D eigenvalue weighted by Gasteiger charge is -2.22. The molecule has 5 heterocycles. The SMILES string of the molecule is O=C(NOC1CCCCO1)c1cc(-c2cccnc2)nc2c1cnn2Cc1ccco1. The lowest BCUT2D eigenvalue weighted by atomic mass is 10.1. The maximum atomic E-state index is 13.0. The second-order valence-corrected chi connectivity index (χ2v) is 7.26. The summed E-state index contributed by atoms with van der Waals surface area (Å²) in [5.41, 5.74) is 4.91. The van der Waals surface area contributed by atoms with E-state index in [2.05, 4.69) is 15.6 Å². The molecular formula is C22H21N5O4. The van der Waals surface area contributed by atoms with E-state index in [1.165, 1.54) is 0 Å². The number of hydroxylamine groups is 1. The van der Waals surface area contributed by atoms with Crippen molar-refractivity contribution in [2.45, 2.75) is 32.1 Å². The number of amides is 1. The standard InChI is InChI=1S/C22H21N5O4/c28-22(26-31-20-7-1-2-9-30-20)17-11-19(15-5-3-8-23-12-15)25-21-18(17)13-24-27(21)14-16-6-4-10-29-16/h3-6,8,10-13,20H,1-2,7,9,14H2,(H,26,28). The molecule has 31 heavy (non-hydrogen) atoms. The summed E-state index contributed by atoms with van der Waals surface area (Å²) >= 11 is 0. The summed E-state index contributed by atoms with van der Waals surface area (Å²) in [6.07, 6.45) is 8.95. The number of nitrogens with zero attached hydrogens (tertiary/aromatic N) is 4. The van der Waals surface area contributed by atoms with Gasteiger partial charge in [0.1, 0.15) is 12.3 Å². The zero-order valence-corrected chi connectivity index (χ0v) is 16.7. The van der Waals surface area contributed by atoms with E-state index < -0.39 is 6.29 Å². The first-order valence-corrected chi connectivity index (χ1v) is 10.1. The Balaban J connectivity index is 1.50. The second kappa shape index (κ2) is 8.66. The minimum atomic E-state index is -0.436. The van der Waals surface area contributed by atoms with E-state index in [0.29, 0.717) is 35.4 Å². The number of hydrogen-bond acceptors (Lipinski definition) is 7.